The van der Waals surface area contributed by atoms with E-state index in [-0.39, 0.29) is 6.23 Å². The van der Waals surface area contributed by atoms with Gasteiger partial charge in [0.2, 0.25) is 5.89 Å². The van der Waals surface area contributed by atoms with Crippen molar-refractivity contribution in [3.8, 4) is 28.7 Å². The molecule has 5 nitrogen and oxygen atoms in total. The maximum Gasteiger partial charge on any atom is 0.225 e. The van der Waals surface area contributed by atoms with Crippen molar-refractivity contribution in [2.75, 3.05) is 13.1 Å². The molecule has 1 fully saturated rings. The molecule has 3 aromatic rings. The molecular formula is C21H22N2O3. The molecule has 26 heavy (non-hydrogen) atoms. The van der Waals surface area contributed by atoms with Crippen molar-refractivity contribution >= 4 is 0 Å². The molecule has 0 amide bonds. The van der Waals surface area contributed by atoms with Gasteiger partial charge in [-0.15, -0.1) is 0 Å². The molecule has 134 valence electrons. The highest BCUT2D eigenvalue weighted by atomic mass is 16.5. The van der Waals surface area contributed by atoms with Gasteiger partial charge in [0.05, 0.1) is 6.20 Å². The van der Waals surface area contributed by atoms with Gasteiger partial charge in [0.15, 0.2) is 6.23 Å². The van der Waals surface area contributed by atoms with Crippen LogP contribution in [0.3, 0.4) is 0 Å². The van der Waals surface area contributed by atoms with Gasteiger partial charge in [-0.3, -0.25) is 4.90 Å². The zero-order valence-electron chi connectivity index (χ0n) is 14.8. The molecule has 1 unspecified atom stereocenters. The molecule has 0 spiro atoms. The van der Waals surface area contributed by atoms with Crippen molar-refractivity contribution in [3.05, 3.63) is 61.0 Å². The van der Waals surface area contributed by atoms with E-state index in [4.69, 9.17) is 13.9 Å². The average Bonchev–Trinajstić information content (AvgIpc) is 3.36. The molecule has 1 atom stereocenters. The van der Waals surface area contributed by atoms with Crippen LogP contribution < -0.4 is 9.47 Å². The molecule has 5 heteroatoms. The Labute approximate surface area is 153 Å². The van der Waals surface area contributed by atoms with Gasteiger partial charge in [0.1, 0.15) is 23.5 Å². The Hall–Kier alpha value is -2.79. The van der Waals surface area contributed by atoms with E-state index in [1.807, 2.05) is 48.5 Å². The molecule has 0 bridgehead atoms. The average molecular weight is 350 g/mol. The molecule has 1 aromatic heterocycles. The van der Waals surface area contributed by atoms with Crippen LogP contribution in [0.1, 0.15) is 19.8 Å². The highest BCUT2D eigenvalue weighted by molar-refractivity contribution is 5.54. The summed E-state index contributed by atoms with van der Waals surface area (Å²) in [5.41, 5.74) is 0.920. The maximum atomic E-state index is 6.09. The lowest BCUT2D eigenvalue weighted by Crippen LogP contribution is -2.33. The summed E-state index contributed by atoms with van der Waals surface area (Å²) in [6, 6.07) is 15.5. The second-order valence-corrected chi connectivity index (χ2v) is 6.28. The van der Waals surface area contributed by atoms with Crippen molar-refractivity contribution in [1.29, 1.82) is 0 Å². The normalized spacial score (nSPS) is 17.3. The van der Waals surface area contributed by atoms with Gasteiger partial charge in [0, 0.05) is 12.1 Å². The van der Waals surface area contributed by atoms with E-state index in [1.165, 1.54) is 6.42 Å². The fourth-order valence-electron chi connectivity index (χ4n) is 3.20. The Morgan fingerprint density at radius 1 is 1.04 bits per heavy atom. The highest BCUT2D eigenvalue weighted by Gasteiger charge is 2.24. The molecule has 0 aliphatic carbocycles. The molecule has 1 aliphatic rings. The van der Waals surface area contributed by atoms with Gasteiger partial charge in [0.25, 0.3) is 0 Å². The molecule has 2 aromatic carbocycles. The van der Waals surface area contributed by atoms with Gasteiger partial charge >= 0.3 is 0 Å². The summed E-state index contributed by atoms with van der Waals surface area (Å²) in [7, 11) is 0. The third kappa shape index (κ3) is 3.73. The number of aromatic nitrogens is 1. The lowest BCUT2D eigenvalue weighted by atomic mass is 10.2. The second kappa shape index (κ2) is 7.62. The maximum absolute atomic E-state index is 6.09. The van der Waals surface area contributed by atoms with E-state index < -0.39 is 0 Å². The Bertz CT molecular complexity index is 813. The van der Waals surface area contributed by atoms with Gasteiger partial charge in [-0.2, -0.15) is 0 Å². The van der Waals surface area contributed by atoms with Crippen LogP contribution in [-0.2, 0) is 0 Å². The summed E-state index contributed by atoms with van der Waals surface area (Å²) >= 11 is 0. The first-order chi connectivity index (χ1) is 12.8. The Morgan fingerprint density at radius 3 is 2.38 bits per heavy atom. The van der Waals surface area contributed by atoms with Crippen molar-refractivity contribution in [1.82, 2.24) is 9.88 Å². The lowest BCUT2D eigenvalue weighted by Gasteiger charge is -2.23. The van der Waals surface area contributed by atoms with Crippen LogP contribution in [0.5, 0.6) is 17.2 Å². The lowest BCUT2D eigenvalue weighted by molar-refractivity contribution is 0.0650. The van der Waals surface area contributed by atoms with Crippen LogP contribution >= 0.6 is 0 Å². The van der Waals surface area contributed by atoms with E-state index in [1.54, 1.807) is 12.5 Å². The minimum absolute atomic E-state index is 0.189. The van der Waals surface area contributed by atoms with Crippen LogP contribution in [0, 0.1) is 0 Å². The van der Waals surface area contributed by atoms with Crippen molar-refractivity contribution < 1.29 is 13.9 Å². The minimum Gasteiger partial charge on any atom is -0.475 e. The second-order valence-electron chi connectivity index (χ2n) is 6.28. The SMILES string of the molecule is CCN1CCCC1Oc1ccc(Oc2ccc(-c3ncco3)cc2)cc1. The summed E-state index contributed by atoms with van der Waals surface area (Å²) in [5, 5.41) is 0. The molecular weight excluding hydrogens is 328 g/mol. The van der Waals surface area contributed by atoms with E-state index in [0.717, 1.165) is 42.3 Å². The van der Waals surface area contributed by atoms with Crippen LogP contribution in [0.4, 0.5) is 0 Å². The first-order valence-corrected chi connectivity index (χ1v) is 9.00. The summed E-state index contributed by atoms with van der Waals surface area (Å²) in [6.07, 6.45) is 5.67. The number of hydrogen-bond acceptors (Lipinski definition) is 5. The monoisotopic (exact) mass is 350 g/mol. The van der Waals surface area contributed by atoms with E-state index in [9.17, 15) is 0 Å². The number of hydrogen-bond donors (Lipinski definition) is 0. The number of rotatable bonds is 6. The first kappa shape index (κ1) is 16.7. The third-order valence-corrected chi connectivity index (χ3v) is 4.57. The number of benzene rings is 2. The van der Waals surface area contributed by atoms with E-state index in [2.05, 4.69) is 16.8 Å². The number of likely N-dealkylation sites (tertiary alicyclic amines) is 1. The molecule has 4 rings (SSSR count). The van der Waals surface area contributed by atoms with Gasteiger partial charge < -0.3 is 13.9 Å². The van der Waals surface area contributed by atoms with E-state index >= 15 is 0 Å². The van der Waals surface area contributed by atoms with Crippen LogP contribution in [0.25, 0.3) is 11.5 Å². The molecule has 1 aliphatic heterocycles. The zero-order valence-corrected chi connectivity index (χ0v) is 14.8. The molecule has 0 N–H and O–H groups in total. The van der Waals surface area contributed by atoms with Crippen molar-refractivity contribution in [2.45, 2.75) is 26.0 Å². The van der Waals surface area contributed by atoms with Crippen LogP contribution in [0.2, 0.25) is 0 Å². The Morgan fingerprint density at radius 2 is 1.73 bits per heavy atom. The molecule has 1 saturated heterocycles. The predicted molar refractivity (Wildman–Crippen MR) is 99.4 cm³/mol. The fraction of sp³-hybridized carbons (Fsp3) is 0.286. The summed E-state index contributed by atoms with van der Waals surface area (Å²) in [6.45, 7) is 4.31. The standard InChI is InChI=1S/C21H22N2O3/c1-2-23-14-3-4-20(23)26-19-11-9-18(10-12-19)25-17-7-5-16(6-8-17)21-22-13-15-24-21/h5-13,15,20H,2-4,14H2,1H3. The van der Waals surface area contributed by atoms with Gasteiger partial charge in [-0.25, -0.2) is 4.98 Å². The zero-order chi connectivity index (χ0) is 17.8. The molecule has 2 heterocycles. The number of ether oxygens (including phenoxy) is 2. The topological polar surface area (TPSA) is 47.7 Å². The van der Waals surface area contributed by atoms with E-state index in [0.29, 0.717) is 5.89 Å². The number of oxazole rings is 1. The fourth-order valence-corrected chi connectivity index (χ4v) is 3.20. The number of nitrogens with zero attached hydrogens (tertiary/aromatic N) is 2. The molecule has 0 radical (unpaired) electrons. The van der Waals surface area contributed by atoms with Gasteiger partial charge in [-0.1, -0.05) is 6.92 Å². The van der Waals surface area contributed by atoms with Crippen molar-refractivity contribution in [3.63, 3.8) is 0 Å². The van der Waals surface area contributed by atoms with Crippen molar-refractivity contribution in [2.24, 2.45) is 0 Å². The minimum atomic E-state index is 0.189. The highest BCUT2D eigenvalue weighted by Crippen LogP contribution is 2.28. The Balaban J connectivity index is 1.38. The van der Waals surface area contributed by atoms with Crippen LogP contribution in [-0.4, -0.2) is 29.2 Å². The predicted octanol–water partition coefficient (Wildman–Crippen LogP) is 4.95. The summed E-state index contributed by atoms with van der Waals surface area (Å²) in [4.78, 5) is 6.50. The first-order valence-electron chi connectivity index (χ1n) is 9.00. The Kier molecular flexibility index (Phi) is 4.88. The third-order valence-electron chi connectivity index (χ3n) is 4.57. The summed E-state index contributed by atoms with van der Waals surface area (Å²) in [5.74, 6) is 3.02. The van der Waals surface area contributed by atoms with Gasteiger partial charge in [-0.05, 0) is 67.9 Å². The van der Waals surface area contributed by atoms with Crippen LogP contribution in [0.15, 0.2) is 65.4 Å². The quantitative estimate of drug-likeness (QED) is 0.629. The largest absolute Gasteiger partial charge is 0.475 e. The summed E-state index contributed by atoms with van der Waals surface area (Å²) < 4.78 is 17.3. The molecule has 0 saturated carbocycles. The smallest absolute Gasteiger partial charge is 0.225 e.